The molecule has 0 spiro atoms. The molecular formula is C26H44N4O5. The standard InChI is InChI=1S/C26H44N4O5/c1-17(2)28-26(33)29-21-10-11-23-22(13-21)25(32)30(19(4)16-31)15-18(3)24(14-27-6)34-12-8-7-9-20(5)35-23/h10-11,13,17-20,24,27,31H,7-9,12,14-16H2,1-6H3,(H2,28,29,33)/t18-,19-,20+,24+/m0/s1. The number of likely N-dealkylation sites (N-methyl/N-ethyl adjacent to an activating group) is 1. The quantitative estimate of drug-likeness (QED) is 0.485. The van der Waals surface area contributed by atoms with Crippen molar-refractivity contribution in [3.8, 4) is 5.75 Å². The average molecular weight is 493 g/mol. The summed E-state index contributed by atoms with van der Waals surface area (Å²) in [5.74, 6) is 0.249. The van der Waals surface area contributed by atoms with Gasteiger partial charge in [-0.3, -0.25) is 4.79 Å². The van der Waals surface area contributed by atoms with Crippen molar-refractivity contribution in [3.05, 3.63) is 23.8 Å². The predicted molar refractivity (Wildman–Crippen MR) is 138 cm³/mol. The Bertz CT molecular complexity index is 819. The Balaban J connectivity index is 2.46. The van der Waals surface area contributed by atoms with Gasteiger partial charge in [-0.2, -0.15) is 0 Å². The number of fused-ring (bicyclic) bond motifs is 1. The van der Waals surface area contributed by atoms with Crippen LogP contribution < -0.4 is 20.7 Å². The van der Waals surface area contributed by atoms with Gasteiger partial charge < -0.3 is 35.4 Å². The molecule has 9 heteroatoms. The van der Waals surface area contributed by atoms with Gasteiger partial charge in [0.2, 0.25) is 0 Å². The third-order valence-electron chi connectivity index (χ3n) is 6.13. The van der Waals surface area contributed by atoms with Crippen LogP contribution in [0, 0.1) is 5.92 Å². The van der Waals surface area contributed by atoms with Gasteiger partial charge in [-0.25, -0.2) is 4.79 Å². The van der Waals surface area contributed by atoms with Gasteiger partial charge in [-0.1, -0.05) is 6.92 Å². The number of aliphatic hydroxyl groups excluding tert-OH is 1. The van der Waals surface area contributed by atoms with Crippen molar-refractivity contribution in [2.24, 2.45) is 5.92 Å². The van der Waals surface area contributed by atoms with Gasteiger partial charge in [0.25, 0.3) is 5.91 Å². The first-order valence-corrected chi connectivity index (χ1v) is 12.7. The number of carbonyl (C=O) groups excluding carboxylic acids is 2. The van der Waals surface area contributed by atoms with Crippen LogP contribution in [0.25, 0.3) is 0 Å². The fourth-order valence-electron chi connectivity index (χ4n) is 4.12. The number of hydrogen-bond donors (Lipinski definition) is 4. The molecule has 1 aromatic carbocycles. The van der Waals surface area contributed by atoms with E-state index in [9.17, 15) is 14.7 Å². The van der Waals surface area contributed by atoms with E-state index >= 15 is 0 Å². The van der Waals surface area contributed by atoms with Crippen LogP contribution in [0.1, 0.15) is 64.2 Å². The number of rotatable bonds is 6. The van der Waals surface area contributed by atoms with E-state index in [1.54, 1.807) is 23.1 Å². The fraction of sp³-hybridized carbons (Fsp3) is 0.692. The lowest BCUT2D eigenvalue weighted by molar-refractivity contribution is -0.000451. The van der Waals surface area contributed by atoms with Crippen LogP contribution in [0.3, 0.4) is 0 Å². The van der Waals surface area contributed by atoms with Gasteiger partial charge in [-0.05, 0) is 72.2 Å². The number of aliphatic hydroxyl groups is 1. The number of hydrogen-bond acceptors (Lipinski definition) is 6. The maximum Gasteiger partial charge on any atom is 0.319 e. The van der Waals surface area contributed by atoms with E-state index in [2.05, 4.69) is 22.9 Å². The Morgan fingerprint density at radius 2 is 1.97 bits per heavy atom. The third-order valence-corrected chi connectivity index (χ3v) is 6.13. The number of anilines is 1. The lowest BCUT2D eigenvalue weighted by atomic mass is 10.0. The summed E-state index contributed by atoms with van der Waals surface area (Å²) in [5.41, 5.74) is 0.850. The van der Waals surface area contributed by atoms with Crippen molar-refractivity contribution >= 4 is 17.6 Å². The highest BCUT2D eigenvalue weighted by Gasteiger charge is 2.29. The van der Waals surface area contributed by atoms with E-state index in [4.69, 9.17) is 9.47 Å². The largest absolute Gasteiger partial charge is 0.490 e. The SMILES string of the molecule is CNC[C@H]1OCCCC[C@@H](C)Oc2ccc(NC(=O)NC(C)C)cc2C(=O)N([C@@H](C)CO)C[C@@H]1C. The van der Waals surface area contributed by atoms with Gasteiger partial charge >= 0.3 is 6.03 Å². The molecule has 0 radical (unpaired) electrons. The normalized spacial score (nSPS) is 23.1. The van der Waals surface area contributed by atoms with Gasteiger partial charge in [-0.15, -0.1) is 0 Å². The number of nitrogens with one attached hydrogen (secondary N) is 3. The number of nitrogens with zero attached hydrogens (tertiary/aromatic N) is 1. The lowest BCUT2D eigenvalue weighted by Crippen LogP contribution is -2.47. The molecule has 2 rings (SSSR count). The first-order chi connectivity index (χ1) is 16.7. The van der Waals surface area contributed by atoms with E-state index in [1.165, 1.54) is 0 Å². The monoisotopic (exact) mass is 492 g/mol. The van der Waals surface area contributed by atoms with Crippen LogP contribution >= 0.6 is 0 Å². The predicted octanol–water partition coefficient (Wildman–Crippen LogP) is 3.23. The van der Waals surface area contributed by atoms with Crippen LogP contribution in [0.15, 0.2) is 18.2 Å². The third kappa shape index (κ3) is 8.98. The van der Waals surface area contributed by atoms with Crippen molar-refractivity contribution in [1.29, 1.82) is 0 Å². The van der Waals surface area contributed by atoms with E-state index in [1.807, 2.05) is 34.7 Å². The molecule has 4 atom stereocenters. The minimum absolute atomic E-state index is 0.0201. The van der Waals surface area contributed by atoms with Gasteiger partial charge in [0.05, 0.1) is 30.4 Å². The van der Waals surface area contributed by atoms with Crippen LogP contribution in [-0.2, 0) is 4.74 Å². The molecule has 0 unspecified atom stereocenters. The van der Waals surface area contributed by atoms with Crippen molar-refractivity contribution in [1.82, 2.24) is 15.5 Å². The molecular weight excluding hydrogens is 448 g/mol. The summed E-state index contributed by atoms with van der Waals surface area (Å²) in [6.45, 7) is 11.2. The summed E-state index contributed by atoms with van der Waals surface area (Å²) in [4.78, 5) is 27.8. The summed E-state index contributed by atoms with van der Waals surface area (Å²) in [6.07, 6.45) is 2.55. The molecule has 0 aliphatic carbocycles. The molecule has 1 aliphatic heterocycles. The van der Waals surface area contributed by atoms with Gasteiger partial charge in [0, 0.05) is 37.3 Å². The number of carbonyl (C=O) groups is 2. The molecule has 1 heterocycles. The molecule has 4 N–H and O–H groups in total. The second-order valence-corrected chi connectivity index (χ2v) is 9.82. The number of ether oxygens (including phenoxy) is 2. The summed E-state index contributed by atoms with van der Waals surface area (Å²) in [6, 6.07) is 4.36. The first-order valence-electron chi connectivity index (χ1n) is 12.7. The second kappa shape index (κ2) is 14.3. The van der Waals surface area contributed by atoms with Crippen molar-refractivity contribution in [2.45, 2.75) is 78.2 Å². The van der Waals surface area contributed by atoms with E-state index in [0.717, 1.165) is 19.3 Å². The Labute approximate surface area is 209 Å². The zero-order valence-electron chi connectivity index (χ0n) is 22.1. The second-order valence-electron chi connectivity index (χ2n) is 9.82. The molecule has 0 aromatic heterocycles. The molecule has 0 fully saturated rings. The minimum Gasteiger partial charge on any atom is -0.490 e. The Morgan fingerprint density at radius 3 is 2.63 bits per heavy atom. The highest BCUT2D eigenvalue weighted by Crippen LogP contribution is 2.28. The number of urea groups is 1. The lowest BCUT2D eigenvalue weighted by Gasteiger charge is -2.34. The van der Waals surface area contributed by atoms with Gasteiger partial charge in [0.1, 0.15) is 5.75 Å². The highest BCUT2D eigenvalue weighted by atomic mass is 16.5. The van der Waals surface area contributed by atoms with Crippen LogP contribution in [0.4, 0.5) is 10.5 Å². The zero-order chi connectivity index (χ0) is 26.0. The average Bonchev–Trinajstić information content (AvgIpc) is 2.80. The Kier molecular flexibility index (Phi) is 11.8. The first kappa shape index (κ1) is 28.9. The molecule has 3 amide bonds. The van der Waals surface area contributed by atoms with E-state index in [-0.39, 0.29) is 42.7 Å². The van der Waals surface area contributed by atoms with Crippen molar-refractivity contribution in [2.75, 3.05) is 38.7 Å². The molecule has 1 aliphatic rings. The molecule has 198 valence electrons. The molecule has 0 saturated heterocycles. The molecule has 35 heavy (non-hydrogen) atoms. The van der Waals surface area contributed by atoms with E-state index < -0.39 is 6.04 Å². The zero-order valence-corrected chi connectivity index (χ0v) is 22.1. The highest BCUT2D eigenvalue weighted by molar-refractivity contribution is 5.99. The van der Waals surface area contributed by atoms with Crippen molar-refractivity contribution in [3.63, 3.8) is 0 Å². The van der Waals surface area contributed by atoms with Crippen molar-refractivity contribution < 1.29 is 24.2 Å². The topological polar surface area (TPSA) is 112 Å². The fourth-order valence-corrected chi connectivity index (χ4v) is 4.12. The molecule has 1 aromatic rings. The molecule has 9 nitrogen and oxygen atoms in total. The van der Waals surface area contributed by atoms with Crippen LogP contribution in [0.5, 0.6) is 5.75 Å². The summed E-state index contributed by atoms with van der Waals surface area (Å²) < 4.78 is 12.4. The number of amides is 3. The Morgan fingerprint density at radius 1 is 1.23 bits per heavy atom. The number of benzene rings is 1. The summed E-state index contributed by atoms with van der Waals surface area (Å²) in [7, 11) is 1.89. The molecule has 0 bridgehead atoms. The Hall–Kier alpha value is -2.36. The summed E-state index contributed by atoms with van der Waals surface area (Å²) in [5, 5.41) is 18.7. The van der Waals surface area contributed by atoms with E-state index in [0.29, 0.717) is 36.7 Å². The smallest absolute Gasteiger partial charge is 0.319 e. The van der Waals surface area contributed by atoms with Crippen LogP contribution in [0.2, 0.25) is 0 Å². The molecule has 0 saturated carbocycles. The van der Waals surface area contributed by atoms with Gasteiger partial charge in [0.15, 0.2) is 0 Å². The summed E-state index contributed by atoms with van der Waals surface area (Å²) >= 11 is 0. The minimum atomic E-state index is -0.404. The maximum atomic E-state index is 13.9. The maximum absolute atomic E-state index is 13.9. The van der Waals surface area contributed by atoms with Crippen LogP contribution in [-0.4, -0.2) is 79.6 Å².